The van der Waals surface area contributed by atoms with Gasteiger partial charge in [0.05, 0.1) is 0 Å². The maximum absolute atomic E-state index is 4.32. The van der Waals surface area contributed by atoms with Crippen LogP contribution in [0.5, 0.6) is 0 Å². The maximum Gasteiger partial charge on any atom is 0.129 e. The third-order valence-corrected chi connectivity index (χ3v) is 2.12. The number of hydrogen-bond acceptors (Lipinski definition) is 2. The Bertz CT molecular complexity index is 268. The lowest BCUT2D eigenvalue weighted by atomic mass is 10.1. The van der Waals surface area contributed by atoms with E-state index in [1.54, 1.807) is 0 Å². The van der Waals surface area contributed by atoms with Gasteiger partial charge < -0.3 is 5.32 Å². The molecule has 1 N–H and O–H groups in total. The Kier molecular flexibility index (Phi) is 1.53. The highest BCUT2D eigenvalue weighted by Gasteiger charge is 2.10. The van der Waals surface area contributed by atoms with E-state index in [9.17, 15) is 0 Å². The lowest BCUT2D eigenvalue weighted by molar-refractivity contribution is 1.08. The number of pyridine rings is 1. The maximum atomic E-state index is 4.32. The average molecular weight is 148 g/mol. The molecular weight excluding hydrogens is 136 g/mol. The first-order valence-corrected chi connectivity index (χ1v) is 4.12. The number of nitrogens with one attached hydrogen (secondary N) is 1. The van der Waals surface area contributed by atoms with Crippen molar-refractivity contribution >= 4 is 5.82 Å². The van der Waals surface area contributed by atoms with Crippen LogP contribution in [0.15, 0.2) is 12.3 Å². The molecule has 11 heavy (non-hydrogen) atoms. The van der Waals surface area contributed by atoms with Crippen LogP contribution >= 0.6 is 0 Å². The van der Waals surface area contributed by atoms with Crippen LogP contribution in [0.4, 0.5) is 5.82 Å². The quantitative estimate of drug-likeness (QED) is 0.654. The summed E-state index contributed by atoms with van der Waals surface area (Å²) in [5.41, 5.74) is 2.72. The molecular formula is C9H12N2. The molecule has 0 unspecified atom stereocenters. The van der Waals surface area contributed by atoms with Crippen molar-refractivity contribution in [3.8, 4) is 0 Å². The largest absolute Gasteiger partial charge is 0.370 e. The molecule has 0 aromatic carbocycles. The van der Waals surface area contributed by atoms with Crippen molar-refractivity contribution in [2.75, 3.05) is 11.9 Å². The van der Waals surface area contributed by atoms with Gasteiger partial charge in [-0.2, -0.15) is 0 Å². The highest BCUT2D eigenvalue weighted by molar-refractivity contribution is 5.49. The molecule has 0 bridgehead atoms. The molecule has 0 saturated carbocycles. The molecule has 2 rings (SSSR count). The Morgan fingerprint density at radius 3 is 3.36 bits per heavy atom. The van der Waals surface area contributed by atoms with E-state index in [-0.39, 0.29) is 0 Å². The first kappa shape index (κ1) is 6.65. The van der Waals surface area contributed by atoms with Gasteiger partial charge in [-0.3, -0.25) is 0 Å². The number of aryl methyl sites for hydroxylation is 1. The fraction of sp³-hybridized carbons (Fsp3) is 0.444. The van der Waals surface area contributed by atoms with Gasteiger partial charge in [-0.1, -0.05) is 13.0 Å². The summed E-state index contributed by atoms with van der Waals surface area (Å²) in [5.74, 6) is 1.09. The molecule has 0 spiro atoms. The molecule has 0 radical (unpaired) electrons. The monoisotopic (exact) mass is 148 g/mol. The van der Waals surface area contributed by atoms with Crippen molar-refractivity contribution in [1.82, 2.24) is 4.98 Å². The number of hydrogen-bond donors (Lipinski definition) is 1. The number of anilines is 1. The minimum absolute atomic E-state index is 1.05. The molecule has 2 heteroatoms. The summed E-state index contributed by atoms with van der Waals surface area (Å²) in [6.45, 7) is 3.21. The van der Waals surface area contributed by atoms with Crippen molar-refractivity contribution in [3.05, 3.63) is 23.4 Å². The van der Waals surface area contributed by atoms with E-state index in [0.717, 1.165) is 25.2 Å². The Morgan fingerprint density at radius 1 is 1.64 bits per heavy atom. The lowest BCUT2D eigenvalue weighted by Crippen LogP contribution is -1.93. The predicted molar refractivity (Wildman–Crippen MR) is 45.8 cm³/mol. The molecule has 0 aliphatic carbocycles. The zero-order valence-electron chi connectivity index (χ0n) is 6.72. The minimum atomic E-state index is 1.05. The van der Waals surface area contributed by atoms with E-state index < -0.39 is 0 Å². The normalized spacial score (nSPS) is 14.3. The van der Waals surface area contributed by atoms with E-state index in [1.807, 2.05) is 6.20 Å². The summed E-state index contributed by atoms with van der Waals surface area (Å²) < 4.78 is 0. The summed E-state index contributed by atoms with van der Waals surface area (Å²) in [7, 11) is 0. The van der Waals surface area contributed by atoms with Crippen molar-refractivity contribution in [2.24, 2.45) is 0 Å². The van der Waals surface area contributed by atoms with Crippen LogP contribution in [0.3, 0.4) is 0 Å². The van der Waals surface area contributed by atoms with E-state index in [1.165, 1.54) is 11.1 Å². The van der Waals surface area contributed by atoms with Crippen molar-refractivity contribution < 1.29 is 0 Å². The molecule has 0 atom stereocenters. The Balaban J connectivity index is 2.41. The molecule has 2 heterocycles. The van der Waals surface area contributed by atoms with Gasteiger partial charge in [0.25, 0.3) is 0 Å². The van der Waals surface area contributed by atoms with Crippen LogP contribution in [-0.4, -0.2) is 11.5 Å². The fourth-order valence-electron chi connectivity index (χ4n) is 1.42. The van der Waals surface area contributed by atoms with Gasteiger partial charge in [0.1, 0.15) is 5.82 Å². The van der Waals surface area contributed by atoms with Crippen LogP contribution < -0.4 is 5.32 Å². The third kappa shape index (κ3) is 1.09. The topological polar surface area (TPSA) is 24.9 Å². The van der Waals surface area contributed by atoms with E-state index >= 15 is 0 Å². The number of nitrogens with zero attached hydrogens (tertiary/aromatic N) is 1. The fourth-order valence-corrected chi connectivity index (χ4v) is 1.42. The molecule has 1 aromatic rings. The second kappa shape index (κ2) is 2.53. The van der Waals surface area contributed by atoms with Gasteiger partial charge in [-0.25, -0.2) is 4.98 Å². The van der Waals surface area contributed by atoms with Crippen LogP contribution in [0.1, 0.15) is 18.1 Å². The summed E-state index contributed by atoms with van der Waals surface area (Å²) in [5, 5.41) is 3.24. The predicted octanol–water partition coefficient (Wildman–Crippen LogP) is 1.61. The van der Waals surface area contributed by atoms with Gasteiger partial charge in [0, 0.05) is 12.7 Å². The van der Waals surface area contributed by atoms with E-state index in [2.05, 4.69) is 23.3 Å². The zero-order valence-corrected chi connectivity index (χ0v) is 6.72. The zero-order chi connectivity index (χ0) is 7.68. The first-order chi connectivity index (χ1) is 5.40. The number of rotatable bonds is 1. The standard InChI is InChI=1S/C9H12N2/c1-2-7-5-8-3-4-10-9(8)11-6-7/h5-6H,2-4H2,1H3,(H,10,11). The highest BCUT2D eigenvalue weighted by Crippen LogP contribution is 2.19. The van der Waals surface area contributed by atoms with Crippen LogP contribution in [0.25, 0.3) is 0 Å². The SMILES string of the molecule is CCc1cnc2c(c1)CCN2. The van der Waals surface area contributed by atoms with Crippen molar-refractivity contribution in [1.29, 1.82) is 0 Å². The average Bonchev–Trinajstić information content (AvgIpc) is 2.50. The van der Waals surface area contributed by atoms with Crippen LogP contribution in [0, 0.1) is 0 Å². The smallest absolute Gasteiger partial charge is 0.129 e. The Morgan fingerprint density at radius 2 is 2.55 bits per heavy atom. The summed E-state index contributed by atoms with van der Waals surface area (Å²) >= 11 is 0. The Hall–Kier alpha value is -1.05. The lowest BCUT2D eigenvalue weighted by Gasteiger charge is -1.99. The molecule has 1 aliphatic rings. The molecule has 58 valence electrons. The van der Waals surface area contributed by atoms with Gasteiger partial charge >= 0.3 is 0 Å². The summed E-state index contributed by atoms with van der Waals surface area (Å²) in [6.07, 6.45) is 4.17. The van der Waals surface area contributed by atoms with E-state index in [4.69, 9.17) is 0 Å². The molecule has 0 fully saturated rings. The van der Waals surface area contributed by atoms with Crippen molar-refractivity contribution in [2.45, 2.75) is 19.8 Å². The van der Waals surface area contributed by atoms with Gasteiger partial charge in [-0.15, -0.1) is 0 Å². The third-order valence-electron chi connectivity index (χ3n) is 2.12. The minimum Gasteiger partial charge on any atom is -0.370 e. The molecule has 2 nitrogen and oxygen atoms in total. The Labute approximate surface area is 66.7 Å². The molecule has 0 amide bonds. The molecule has 1 aromatic heterocycles. The number of aromatic nitrogens is 1. The highest BCUT2D eigenvalue weighted by atomic mass is 15.0. The van der Waals surface area contributed by atoms with Gasteiger partial charge in [0.2, 0.25) is 0 Å². The van der Waals surface area contributed by atoms with Crippen LogP contribution in [0.2, 0.25) is 0 Å². The molecule has 1 aliphatic heterocycles. The van der Waals surface area contributed by atoms with E-state index in [0.29, 0.717) is 0 Å². The first-order valence-electron chi connectivity index (χ1n) is 4.12. The number of fused-ring (bicyclic) bond motifs is 1. The summed E-state index contributed by atoms with van der Waals surface area (Å²) in [6, 6.07) is 2.25. The second-order valence-corrected chi connectivity index (χ2v) is 2.88. The van der Waals surface area contributed by atoms with Gasteiger partial charge in [0.15, 0.2) is 0 Å². The molecule has 0 saturated heterocycles. The van der Waals surface area contributed by atoms with Crippen LogP contribution in [-0.2, 0) is 12.8 Å². The van der Waals surface area contributed by atoms with Crippen molar-refractivity contribution in [3.63, 3.8) is 0 Å². The summed E-state index contributed by atoms with van der Waals surface area (Å²) in [4.78, 5) is 4.32. The second-order valence-electron chi connectivity index (χ2n) is 2.88. The van der Waals surface area contributed by atoms with Gasteiger partial charge in [-0.05, 0) is 24.0 Å².